The molecule has 0 aromatic heterocycles. The topological polar surface area (TPSA) is 143 Å². The van der Waals surface area contributed by atoms with Crippen LogP contribution in [0.5, 0.6) is 5.75 Å². The van der Waals surface area contributed by atoms with E-state index in [0.29, 0.717) is 19.6 Å². The van der Waals surface area contributed by atoms with Gasteiger partial charge in [0.2, 0.25) is 11.8 Å². The summed E-state index contributed by atoms with van der Waals surface area (Å²) in [7, 11) is 0. The van der Waals surface area contributed by atoms with Crippen LogP contribution in [0.15, 0.2) is 18.2 Å². The predicted molar refractivity (Wildman–Crippen MR) is 125 cm³/mol. The molecule has 0 radical (unpaired) electrons. The van der Waals surface area contributed by atoms with Crippen molar-refractivity contribution < 1.29 is 33.4 Å². The Kier molecular flexibility index (Phi) is 9.19. The first-order chi connectivity index (χ1) is 16.5. The third-order valence-corrected chi connectivity index (χ3v) is 6.07. The largest absolute Gasteiger partial charge is 0.483 e. The molecule has 2 fully saturated rings. The molecule has 11 nitrogen and oxygen atoms in total. The van der Waals surface area contributed by atoms with E-state index < -0.39 is 29.7 Å². The van der Waals surface area contributed by atoms with E-state index in [9.17, 15) is 24.0 Å². The Morgan fingerprint density at radius 2 is 1.86 bits per heavy atom. The summed E-state index contributed by atoms with van der Waals surface area (Å²) >= 11 is 0. The van der Waals surface area contributed by atoms with E-state index in [1.165, 1.54) is 12.1 Å². The lowest BCUT2D eigenvalue weighted by Gasteiger charge is -2.27. The Morgan fingerprint density at radius 1 is 1.09 bits per heavy atom. The minimum Gasteiger partial charge on any atom is -0.483 e. The summed E-state index contributed by atoms with van der Waals surface area (Å²) in [6, 6.07) is 3.45. The van der Waals surface area contributed by atoms with Gasteiger partial charge in [0.05, 0.1) is 17.2 Å². The molecule has 1 aromatic carbocycles. The maximum atomic E-state index is 13.0. The number of halogens is 1. The van der Waals surface area contributed by atoms with Crippen molar-refractivity contribution in [1.82, 2.24) is 20.9 Å². The number of imide groups is 2. The zero-order valence-electron chi connectivity index (χ0n) is 19.2. The zero-order chi connectivity index (χ0) is 24.1. The Hall–Kier alpha value is -3.02. The van der Waals surface area contributed by atoms with Crippen molar-refractivity contribution in [2.24, 2.45) is 0 Å². The van der Waals surface area contributed by atoms with Crippen molar-refractivity contribution in [3.63, 3.8) is 0 Å². The van der Waals surface area contributed by atoms with Gasteiger partial charge in [-0.3, -0.25) is 34.2 Å². The number of hydrogen-bond acceptors (Lipinski definition) is 8. The molecular formula is C23H29ClN4O7. The van der Waals surface area contributed by atoms with Crippen molar-refractivity contribution in [3.8, 4) is 5.75 Å². The lowest BCUT2D eigenvalue weighted by Crippen LogP contribution is -2.54. The number of ether oxygens (including phenoxy) is 2. The van der Waals surface area contributed by atoms with Gasteiger partial charge < -0.3 is 20.1 Å². The number of piperidine rings is 2. The second kappa shape index (κ2) is 12.1. The molecule has 1 atom stereocenters. The summed E-state index contributed by atoms with van der Waals surface area (Å²) in [6.45, 7) is 2.58. The van der Waals surface area contributed by atoms with E-state index in [1.54, 1.807) is 6.07 Å². The van der Waals surface area contributed by atoms with Crippen LogP contribution in [-0.4, -0.2) is 79.4 Å². The number of nitrogens with one attached hydrogen (secondary N) is 3. The molecule has 3 aliphatic heterocycles. The highest BCUT2D eigenvalue weighted by atomic mass is 35.5. The number of carbonyl (C=O) groups is 5. The van der Waals surface area contributed by atoms with Gasteiger partial charge >= 0.3 is 0 Å². The SMILES string of the molecule is Cl.O=C(COc1cccc2c1C(=O)N(C1CCC(=O)NC1=O)C2=O)NCCCOC1CCNCC1. The first-order valence-electron chi connectivity index (χ1n) is 11.5. The minimum absolute atomic E-state index is 0. The first-order valence-corrected chi connectivity index (χ1v) is 11.5. The Bertz CT molecular complexity index is 996. The Morgan fingerprint density at radius 3 is 2.60 bits per heavy atom. The highest BCUT2D eigenvalue weighted by Crippen LogP contribution is 2.33. The number of nitrogens with zero attached hydrogens (tertiary/aromatic N) is 1. The molecule has 0 spiro atoms. The van der Waals surface area contributed by atoms with Crippen LogP contribution in [0.2, 0.25) is 0 Å². The standard InChI is InChI=1S/C23H28N4O7.ClH/c28-18-6-5-16(21(30)26-18)27-22(31)15-3-1-4-17(20(15)23(27)32)34-13-19(29)25-9-2-12-33-14-7-10-24-11-8-14;/h1,3-4,14,16,24H,2,5-13H2,(H,25,29)(H,26,28,30);1H. The van der Waals surface area contributed by atoms with Crippen molar-refractivity contribution in [2.45, 2.75) is 44.2 Å². The molecule has 3 heterocycles. The highest BCUT2D eigenvalue weighted by molar-refractivity contribution is 6.24. The van der Waals surface area contributed by atoms with E-state index in [2.05, 4.69) is 16.0 Å². The summed E-state index contributed by atoms with van der Waals surface area (Å²) in [5.41, 5.74) is 0.114. The first kappa shape index (κ1) is 26.6. The van der Waals surface area contributed by atoms with E-state index >= 15 is 0 Å². The summed E-state index contributed by atoms with van der Waals surface area (Å²) < 4.78 is 11.4. The highest BCUT2D eigenvalue weighted by Gasteiger charge is 2.46. The number of fused-ring (bicyclic) bond motifs is 1. The molecule has 3 N–H and O–H groups in total. The second-order valence-electron chi connectivity index (χ2n) is 8.44. The molecular weight excluding hydrogens is 480 g/mol. The molecule has 0 saturated carbocycles. The molecule has 4 rings (SSSR count). The fourth-order valence-electron chi connectivity index (χ4n) is 4.31. The smallest absolute Gasteiger partial charge is 0.266 e. The third-order valence-electron chi connectivity index (χ3n) is 6.07. The summed E-state index contributed by atoms with van der Waals surface area (Å²) in [5.74, 6) is -2.70. The lowest BCUT2D eigenvalue weighted by atomic mass is 10.0. The number of hydrogen-bond donors (Lipinski definition) is 3. The third kappa shape index (κ3) is 6.16. The Balaban J connectivity index is 0.00000342. The molecule has 1 aromatic rings. The van der Waals surface area contributed by atoms with Gasteiger partial charge in [-0.1, -0.05) is 6.07 Å². The Labute approximate surface area is 208 Å². The van der Waals surface area contributed by atoms with Crippen molar-refractivity contribution in [3.05, 3.63) is 29.3 Å². The van der Waals surface area contributed by atoms with Crippen LogP contribution in [-0.2, 0) is 19.1 Å². The van der Waals surface area contributed by atoms with Gasteiger partial charge in [-0.25, -0.2) is 0 Å². The van der Waals surface area contributed by atoms with E-state index in [4.69, 9.17) is 9.47 Å². The number of rotatable bonds is 9. The predicted octanol–water partition coefficient (Wildman–Crippen LogP) is 0.163. The maximum absolute atomic E-state index is 13.0. The lowest BCUT2D eigenvalue weighted by molar-refractivity contribution is -0.136. The molecule has 0 bridgehead atoms. The van der Waals surface area contributed by atoms with Gasteiger partial charge in [0.15, 0.2) is 6.61 Å². The van der Waals surface area contributed by atoms with E-state index in [0.717, 1.165) is 30.8 Å². The molecule has 2 saturated heterocycles. The monoisotopic (exact) mass is 508 g/mol. The fraction of sp³-hybridized carbons (Fsp3) is 0.522. The average molecular weight is 509 g/mol. The van der Waals surface area contributed by atoms with Gasteiger partial charge in [0.1, 0.15) is 11.8 Å². The van der Waals surface area contributed by atoms with Crippen LogP contribution in [0.3, 0.4) is 0 Å². The number of amides is 5. The van der Waals surface area contributed by atoms with Gasteiger partial charge in [-0.2, -0.15) is 0 Å². The van der Waals surface area contributed by atoms with Gasteiger partial charge in [-0.05, 0) is 50.9 Å². The average Bonchev–Trinajstić information content (AvgIpc) is 3.09. The minimum atomic E-state index is -1.06. The zero-order valence-corrected chi connectivity index (χ0v) is 20.0. The molecule has 3 aliphatic rings. The van der Waals surface area contributed by atoms with E-state index in [-0.39, 0.29) is 60.7 Å². The molecule has 190 valence electrons. The summed E-state index contributed by atoms with van der Waals surface area (Å²) in [4.78, 5) is 62.5. The van der Waals surface area contributed by atoms with E-state index in [1.807, 2.05) is 0 Å². The van der Waals surface area contributed by atoms with Crippen molar-refractivity contribution >= 4 is 41.9 Å². The normalized spacial score (nSPS) is 20.2. The summed E-state index contributed by atoms with van der Waals surface area (Å²) in [5, 5.41) is 8.18. The van der Waals surface area contributed by atoms with Gasteiger partial charge in [-0.15, -0.1) is 12.4 Å². The number of carbonyl (C=O) groups excluding carboxylic acids is 5. The van der Waals surface area contributed by atoms with Crippen LogP contribution in [0.25, 0.3) is 0 Å². The van der Waals surface area contributed by atoms with Crippen LogP contribution >= 0.6 is 12.4 Å². The maximum Gasteiger partial charge on any atom is 0.266 e. The van der Waals surface area contributed by atoms with Crippen LogP contribution < -0.4 is 20.7 Å². The molecule has 0 aliphatic carbocycles. The van der Waals surface area contributed by atoms with Crippen molar-refractivity contribution in [1.29, 1.82) is 0 Å². The molecule has 1 unspecified atom stereocenters. The van der Waals surface area contributed by atoms with Gasteiger partial charge in [0, 0.05) is 19.6 Å². The quantitative estimate of drug-likeness (QED) is 0.316. The molecule has 5 amide bonds. The summed E-state index contributed by atoms with van der Waals surface area (Å²) in [6.07, 6.45) is 3.02. The van der Waals surface area contributed by atoms with Gasteiger partial charge in [0.25, 0.3) is 17.7 Å². The fourth-order valence-corrected chi connectivity index (χ4v) is 4.31. The molecule has 35 heavy (non-hydrogen) atoms. The van der Waals surface area contributed by atoms with Crippen LogP contribution in [0, 0.1) is 0 Å². The van der Waals surface area contributed by atoms with Crippen LogP contribution in [0.1, 0.15) is 52.8 Å². The van der Waals surface area contributed by atoms with Crippen molar-refractivity contribution in [2.75, 3.05) is 32.8 Å². The molecule has 12 heteroatoms. The van der Waals surface area contributed by atoms with Crippen LogP contribution in [0.4, 0.5) is 0 Å². The second-order valence-corrected chi connectivity index (χ2v) is 8.44. The number of benzene rings is 1.